The quantitative estimate of drug-likeness (QED) is 0.316. The summed E-state index contributed by atoms with van der Waals surface area (Å²) in [6, 6.07) is 4.51. The molecular formula is C22H31IN4O. The van der Waals surface area contributed by atoms with Crippen molar-refractivity contribution in [1.82, 2.24) is 14.5 Å². The number of anilines is 1. The van der Waals surface area contributed by atoms with Crippen molar-refractivity contribution in [2.75, 3.05) is 31.1 Å². The van der Waals surface area contributed by atoms with Gasteiger partial charge >= 0.3 is 0 Å². The number of fused-ring (bicyclic) bond motifs is 1. The standard InChI is InChI=1S/C22H31IN4O/c1-17-5-2-3-7-18(8-4-6-17)19-15-21-20(9-10-24-27(21)16-19)25-11-13-26(14-12-25)22(23)28/h9-10,15-18H,2-8,11-14H2,1H3. The van der Waals surface area contributed by atoms with Gasteiger partial charge in [-0.25, -0.2) is 4.52 Å². The van der Waals surface area contributed by atoms with Crippen molar-refractivity contribution >= 4 is 37.7 Å². The first-order chi connectivity index (χ1) is 13.6. The molecule has 1 saturated carbocycles. The van der Waals surface area contributed by atoms with Gasteiger partial charge in [-0.15, -0.1) is 0 Å². The summed E-state index contributed by atoms with van der Waals surface area (Å²) in [5.74, 6) is 1.54. The Morgan fingerprint density at radius 3 is 2.57 bits per heavy atom. The molecule has 2 atom stereocenters. The highest BCUT2D eigenvalue weighted by Gasteiger charge is 2.23. The first-order valence-electron chi connectivity index (χ1n) is 10.8. The summed E-state index contributed by atoms with van der Waals surface area (Å²) in [4.78, 5) is 15.9. The fourth-order valence-electron chi connectivity index (χ4n) is 4.85. The highest BCUT2D eigenvalue weighted by Crippen LogP contribution is 2.34. The van der Waals surface area contributed by atoms with Gasteiger partial charge in [0, 0.05) is 61.2 Å². The molecule has 4 rings (SSSR count). The van der Waals surface area contributed by atoms with Crippen LogP contribution in [-0.2, 0) is 0 Å². The number of halogens is 1. The second-order valence-electron chi connectivity index (χ2n) is 8.56. The molecule has 0 N–H and O–H groups in total. The molecule has 1 aliphatic heterocycles. The van der Waals surface area contributed by atoms with Crippen LogP contribution in [0.4, 0.5) is 10.5 Å². The van der Waals surface area contributed by atoms with Crippen LogP contribution in [0.15, 0.2) is 24.5 Å². The highest BCUT2D eigenvalue weighted by atomic mass is 127. The molecule has 1 saturated heterocycles. The number of rotatable bonds is 2. The number of carbonyl (C=O) groups excluding carboxylic acids is 1. The molecule has 1 aliphatic carbocycles. The van der Waals surface area contributed by atoms with E-state index in [9.17, 15) is 4.79 Å². The maximum absolute atomic E-state index is 11.6. The minimum atomic E-state index is 0.150. The van der Waals surface area contributed by atoms with Gasteiger partial charge in [0.1, 0.15) is 0 Å². The molecular weight excluding hydrogens is 463 g/mol. The third-order valence-corrected chi connectivity index (χ3v) is 7.28. The monoisotopic (exact) mass is 494 g/mol. The zero-order valence-corrected chi connectivity index (χ0v) is 19.0. The van der Waals surface area contributed by atoms with Crippen molar-refractivity contribution in [1.29, 1.82) is 0 Å². The minimum Gasteiger partial charge on any atom is -0.366 e. The van der Waals surface area contributed by atoms with Crippen LogP contribution in [-0.4, -0.2) is 44.6 Å². The van der Waals surface area contributed by atoms with Gasteiger partial charge in [0.15, 0.2) is 0 Å². The summed E-state index contributed by atoms with van der Waals surface area (Å²) in [6.07, 6.45) is 13.6. The van der Waals surface area contributed by atoms with Gasteiger partial charge in [-0.2, -0.15) is 5.10 Å². The van der Waals surface area contributed by atoms with E-state index in [4.69, 9.17) is 0 Å². The van der Waals surface area contributed by atoms with E-state index in [1.807, 2.05) is 33.7 Å². The molecule has 0 aromatic carbocycles. The Morgan fingerprint density at radius 1 is 1.07 bits per heavy atom. The van der Waals surface area contributed by atoms with E-state index in [0.29, 0.717) is 5.92 Å². The molecule has 2 aliphatic rings. The molecule has 2 fully saturated rings. The third-order valence-electron chi connectivity index (χ3n) is 6.60. The predicted octanol–water partition coefficient (Wildman–Crippen LogP) is 5.48. The number of piperazine rings is 1. The van der Waals surface area contributed by atoms with Crippen LogP contribution in [0.2, 0.25) is 0 Å². The van der Waals surface area contributed by atoms with Crippen LogP contribution >= 0.6 is 22.6 Å². The van der Waals surface area contributed by atoms with Gasteiger partial charge < -0.3 is 9.80 Å². The van der Waals surface area contributed by atoms with E-state index in [2.05, 4.69) is 39.8 Å². The minimum absolute atomic E-state index is 0.150. The number of hydrogen-bond donors (Lipinski definition) is 0. The van der Waals surface area contributed by atoms with Crippen molar-refractivity contribution in [3.05, 3.63) is 30.1 Å². The Hall–Kier alpha value is -1.31. The van der Waals surface area contributed by atoms with Crippen molar-refractivity contribution in [3.8, 4) is 0 Å². The second kappa shape index (κ2) is 9.01. The largest absolute Gasteiger partial charge is 0.366 e. The summed E-state index contributed by atoms with van der Waals surface area (Å²) in [5, 5.41) is 4.59. The molecule has 1 amide bonds. The van der Waals surface area contributed by atoms with E-state index in [1.54, 1.807) is 0 Å². The van der Waals surface area contributed by atoms with E-state index in [0.717, 1.165) is 32.1 Å². The summed E-state index contributed by atoms with van der Waals surface area (Å²) in [7, 11) is 0. The topological polar surface area (TPSA) is 40.8 Å². The molecule has 0 spiro atoms. The van der Waals surface area contributed by atoms with Crippen LogP contribution in [0.1, 0.15) is 63.4 Å². The SMILES string of the molecule is CC1CCCCC(c2cc3c(N4CCN(C(=O)I)CC4)ccnn3c2)CCC1. The van der Waals surface area contributed by atoms with Crippen molar-refractivity contribution in [2.24, 2.45) is 5.92 Å². The van der Waals surface area contributed by atoms with Crippen LogP contribution in [0.5, 0.6) is 0 Å². The lowest BCUT2D eigenvalue weighted by Gasteiger charge is -2.35. The van der Waals surface area contributed by atoms with Crippen LogP contribution in [0, 0.1) is 5.92 Å². The van der Waals surface area contributed by atoms with Crippen molar-refractivity contribution in [3.63, 3.8) is 0 Å². The number of amides is 1. The maximum Gasteiger partial charge on any atom is 0.283 e. The summed E-state index contributed by atoms with van der Waals surface area (Å²) in [6.45, 7) is 5.77. The average Bonchev–Trinajstić information content (AvgIpc) is 3.16. The Labute approximate surface area is 181 Å². The molecule has 0 bridgehead atoms. The first-order valence-corrected chi connectivity index (χ1v) is 11.9. The van der Waals surface area contributed by atoms with Crippen LogP contribution in [0.3, 0.4) is 0 Å². The lowest BCUT2D eigenvalue weighted by molar-refractivity contribution is 0.222. The second-order valence-corrected chi connectivity index (χ2v) is 9.49. The van der Waals surface area contributed by atoms with E-state index in [-0.39, 0.29) is 3.91 Å². The van der Waals surface area contributed by atoms with Crippen molar-refractivity contribution in [2.45, 2.75) is 57.8 Å². The third kappa shape index (κ3) is 4.47. The Kier molecular flexibility index (Phi) is 6.43. The summed E-state index contributed by atoms with van der Waals surface area (Å²) < 4.78 is 2.21. The zero-order valence-electron chi connectivity index (χ0n) is 16.8. The fraction of sp³-hybridized carbons (Fsp3) is 0.636. The lowest BCUT2D eigenvalue weighted by Crippen LogP contribution is -2.47. The van der Waals surface area contributed by atoms with E-state index in [1.165, 1.54) is 61.7 Å². The van der Waals surface area contributed by atoms with Gasteiger partial charge in [0.05, 0.1) is 11.2 Å². The number of nitrogens with zero attached hydrogens (tertiary/aromatic N) is 4. The van der Waals surface area contributed by atoms with Gasteiger partial charge in [-0.1, -0.05) is 39.0 Å². The van der Waals surface area contributed by atoms with E-state index < -0.39 is 0 Å². The predicted molar refractivity (Wildman–Crippen MR) is 123 cm³/mol. The molecule has 3 heterocycles. The zero-order chi connectivity index (χ0) is 19.5. The summed E-state index contributed by atoms with van der Waals surface area (Å²) >= 11 is 1.89. The first kappa shape index (κ1) is 20.0. The van der Waals surface area contributed by atoms with Gasteiger partial charge in [0.2, 0.25) is 0 Å². The summed E-state index contributed by atoms with van der Waals surface area (Å²) in [5.41, 5.74) is 3.91. The molecule has 0 radical (unpaired) electrons. The molecule has 2 unspecified atom stereocenters. The molecule has 2 aromatic rings. The van der Waals surface area contributed by atoms with Gasteiger partial charge in [-0.3, -0.25) is 4.79 Å². The smallest absolute Gasteiger partial charge is 0.283 e. The van der Waals surface area contributed by atoms with Crippen LogP contribution < -0.4 is 4.90 Å². The normalized spacial score (nSPS) is 24.6. The Bertz CT molecular complexity index is 812. The highest BCUT2D eigenvalue weighted by molar-refractivity contribution is 14.1. The Morgan fingerprint density at radius 2 is 1.79 bits per heavy atom. The number of carbonyl (C=O) groups is 1. The van der Waals surface area contributed by atoms with E-state index >= 15 is 0 Å². The molecule has 2 aromatic heterocycles. The lowest BCUT2D eigenvalue weighted by atomic mass is 9.91. The van der Waals surface area contributed by atoms with Crippen molar-refractivity contribution < 1.29 is 4.79 Å². The number of aromatic nitrogens is 2. The maximum atomic E-state index is 11.6. The molecule has 152 valence electrons. The molecule has 5 nitrogen and oxygen atoms in total. The Balaban J connectivity index is 1.54. The molecule has 6 heteroatoms. The van der Waals surface area contributed by atoms with Gasteiger partial charge in [-0.05, 0) is 42.4 Å². The van der Waals surface area contributed by atoms with Crippen LogP contribution in [0.25, 0.3) is 5.52 Å². The molecule has 28 heavy (non-hydrogen) atoms. The number of hydrogen-bond acceptors (Lipinski definition) is 3. The van der Waals surface area contributed by atoms with Gasteiger partial charge in [0.25, 0.3) is 3.91 Å². The average molecular weight is 494 g/mol. The fourth-order valence-corrected chi connectivity index (χ4v) is 5.33.